The molecule has 0 unspecified atom stereocenters. The Hall–Kier alpha value is -1.52. The van der Waals surface area contributed by atoms with Gasteiger partial charge in [-0.25, -0.2) is 22.0 Å². The number of rotatable bonds is 4. The van der Waals surface area contributed by atoms with E-state index in [1.54, 1.807) is 12.2 Å². The highest BCUT2D eigenvalue weighted by Gasteiger charge is 2.40. The summed E-state index contributed by atoms with van der Waals surface area (Å²) in [4.78, 5) is 0. The fraction of sp³-hybridized carbons (Fsp3) is 0.391. The molecule has 0 fully saturated rings. The smallest absolute Gasteiger partial charge is 0.200 e. The minimum Gasteiger partial charge on any atom is -0.203 e. The van der Waals surface area contributed by atoms with Crippen LogP contribution in [0.1, 0.15) is 5.56 Å². The monoisotopic (exact) mass is 486 g/mol. The molecule has 1 aliphatic rings. The van der Waals surface area contributed by atoms with Crippen LogP contribution in [0.15, 0.2) is 39.9 Å². The van der Waals surface area contributed by atoms with Crippen LogP contribution < -0.4 is 0 Å². The van der Waals surface area contributed by atoms with Crippen LogP contribution in [0.5, 0.6) is 0 Å². The van der Waals surface area contributed by atoms with E-state index in [2.05, 4.69) is 39.3 Å². The second-order valence-corrected chi connectivity index (χ2v) is 26.1. The van der Waals surface area contributed by atoms with Gasteiger partial charge in [-0.2, -0.15) is 0 Å². The van der Waals surface area contributed by atoms with Gasteiger partial charge in [0.25, 0.3) is 0 Å². The number of allylic oxidation sites excluding steroid dienone is 8. The van der Waals surface area contributed by atoms with Gasteiger partial charge in [-0.15, -0.1) is 0 Å². The van der Waals surface area contributed by atoms with Gasteiger partial charge in [-0.1, -0.05) is 98.8 Å². The van der Waals surface area contributed by atoms with Crippen LogP contribution in [-0.4, -0.2) is 24.2 Å². The Balaban J connectivity index is 3.27. The normalized spacial score (nSPS) is 22.9. The van der Waals surface area contributed by atoms with Crippen molar-refractivity contribution in [2.75, 3.05) is 0 Å². The largest absolute Gasteiger partial charge is 0.203 e. The number of hydrogen-bond donors (Lipinski definition) is 0. The molecule has 0 atom stereocenters. The van der Waals surface area contributed by atoms with Crippen molar-refractivity contribution in [3.63, 3.8) is 0 Å². The highest BCUT2D eigenvalue weighted by Crippen LogP contribution is 2.45. The highest BCUT2D eigenvalue weighted by molar-refractivity contribution is 6.94. The summed E-state index contributed by atoms with van der Waals surface area (Å²) < 4.78 is 72.9. The molecule has 0 amide bonds. The molecule has 0 bridgehead atoms. The van der Waals surface area contributed by atoms with Crippen LogP contribution in [0.25, 0.3) is 5.57 Å². The Kier molecular flexibility index (Phi) is 7.01. The zero-order valence-electron chi connectivity index (χ0n) is 19.7. The Morgan fingerprint density at radius 3 is 1.19 bits per heavy atom. The molecule has 1 aromatic rings. The summed E-state index contributed by atoms with van der Waals surface area (Å²) >= 11 is 0. The molecule has 1 aliphatic carbocycles. The topological polar surface area (TPSA) is 0 Å². The maximum absolute atomic E-state index is 15.2. The molecule has 2 rings (SSSR count). The molecular formula is C23H31F5Si3. The van der Waals surface area contributed by atoms with Crippen molar-refractivity contribution >= 4 is 29.8 Å². The second kappa shape index (κ2) is 8.44. The van der Waals surface area contributed by atoms with Crippen molar-refractivity contribution < 1.29 is 22.0 Å². The lowest BCUT2D eigenvalue weighted by molar-refractivity contribution is 0.376. The van der Waals surface area contributed by atoms with Gasteiger partial charge in [0, 0.05) is 0 Å². The molecule has 0 radical (unpaired) electrons. The molecule has 0 saturated heterocycles. The summed E-state index contributed by atoms with van der Waals surface area (Å²) in [5.41, 5.74) is -0.578. The van der Waals surface area contributed by atoms with Gasteiger partial charge in [-0.05, 0) is 5.57 Å². The molecular weight excluding hydrogens is 456 g/mol. The van der Waals surface area contributed by atoms with Crippen molar-refractivity contribution in [3.8, 4) is 0 Å². The van der Waals surface area contributed by atoms with E-state index in [4.69, 9.17) is 0 Å². The summed E-state index contributed by atoms with van der Waals surface area (Å²) in [7, 11) is -6.64. The molecule has 0 saturated carbocycles. The molecule has 170 valence electrons. The number of benzene rings is 1. The van der Waals surface area contributed by atoms with E-state index in [0.717, 1.165) is 10.4 Å². The quantitative estimate of drug-likeness (QED) is 0.174. The average Bonchev–Trinajstić information content (AvgIpc) is 2.56. The minimum absolute atomic E-state index is 0.212. The highest BCUT2D eigenvalue weighted by atomic mass is 28.3. The zero-order valence-corrected chi connectivity index (χ0v) is 22.7. The molecule has 0 aliphatic heterocycles. The fourth-order valence-corrected chi connectivity index (χ4v) is 11.2. The zero-order chi connectivity index (χ0) is 24.1. The van der Waals surface area contributed by atoms with Crippen molar-refractivity contribution in [2.24, 2.45) is 0 Å². The lowest BCUT2D eigenvalue weighted by atomic mass is 10.0. The van der Waals surface area contributed by atoms with Gasteiger partial charge in [0.15, 0.2) is 23.3 Å². The third-order valence-corrected chi connectivity index (χ3v) is 11.6. The first kappa shape index (κ1) is 25.7. The van der Waals surface area contributed by atoms with E-state index < -0.39 is 58.9 Å². The lowest BCUT2D eigenvalue weighted by Gasteiger charge is -2.37. The fourth-order valence-electron chi connectivity index (χ4n) is 3.85. The molecule has 0 N–H and O–H groups in total. The number of halogens is 5. The van der Waals surface area contributed by atoms with Crippen molar-refractivity contribution in [3.05, 3.63) is 74.5 Å². The third kappa shape index (κ3) is 4.96. The first-order chi connectivity index (χ1) is 13.9. The SMILES string of the molecule is C[Si](C)(C)C1=C/C=C\C=C([Si](C)(C)C)/C([Si](C)(C)C)=C\1c1c(F)c(F)c(F)c(F)c1F. The first-order valence-corrected chi connectivity index (χ1v) is 20.8. The van der Waals surface area contributed by atoms with Gasteiger partial charge < -0.3 is 0 Å². The summed E-state index contributed by atoms with van der Waals surface area (Å²) in [6.07, 6.45) is 7.48. The first-order valence-electron chi connectivity index (χ1n) is 10.3. The number of hydrogen-bond acceptors (Lipinski definition) is 0. The van der Waals surface area contributed by atoms with Crippen LogP contribution >= 0.6 is 0 Å². The van der Waals surface area contributed by atoms with Crippen LogP contribution in [0.2, 0.25) is 58.9 Å². The summed E-state index contributed by atoms with van der Waals surface area (Å²) in [5.74, 6) is -9.44. The molecule has 31 heavy (non-hydrogen) atoms. The van der Waals surface area contributed by atoms with E-state index in [-0.39, 0.29) is 5.57 Å². The van der Waals surface area contributed by atoms with E-state index in [1.807, 2.05) is 31.8 Å². The van der Waals surface area contributed by atoms with Gasteiger partial charge in [0.05, 0.1) is 29.8 Å². The molecule has 8 heteroatoms. The molecule has 1 aromatic carbocycles. The Morgan fingerprint density at radius 2 is 0.839 bits per heavy atom. The molecule has 0 aromatic heterocycles. The van der Waals surface area contributed by atoms with Crippen molar-refractivity contribution in [2.45, 2.75) is 58.9 Å². The van der Waals surface area contributed by atoms with Crippen LogP contribution in [0, 0.1) is 29.1 Å². The van der Waals surface area contributed by atoms with Gasteiger partial charge in [0.1, 0.15) is 0 Å². The second-order valence-electron chi connectivity index (χ2n) is 11.0. The van der Waals surface area contributed by atoms with Crippen molar-refractivity contribution in [1.29, 1.82) is 0 Å². The molecule has 0 heterocycles. The maximum atomic E-state index is 15.2. The van der Waals surface area contributed by atoms with E-state index in [1.165, 1.54) is 0 Å². The maximum Gasteiger partial charge on any atom is 0.200 e. The van der Waals surface area contributed by atoms with Gasteiger partial charge in [0.2, 0.25) is 5.82 Å². The van der Waals surface area contributed by atoms with Crippen LogP contribution in [0.4, 0.5) is 22.0 Å². The average molecular weight is 487 g/mol. The molecule has 0 spiro atoms. The minimum atomic E-state index is -2.32. The summed E-state index contributed by atoms with van der Waals surface area (Å²) in [6.45, 7) is 18.6. The van der Waals surface area contributed by atoms with Gasteiger partial charge >= 0.3 is 0 Å². The lowest BCUT2D eigenvalue weighted by Crippen LogP contribution is -2.38. The Labute approximate surface area is 185 Å². The standard InChI is InChI=1S/C23H31F5Si3/c1-29(2,3)14-12-10-11-13-15(30(4,5)6)23(31(7,8)9)16(14)17-18(24)20(26)22(28)21(27)19(17)25/h10-13H,1-9H3/b11-10-,12-10?,13-11?,14-12+,15-13+,16-14?,23-15?,23-16-. The van der Waals surface area contributed by atoms with Gasteiger partial charge in [-0.3, -0.25) is 0 Å². The summed E-state index contributed by atoms with van der Waals surface area (Å²) in [5, 5.41) is 2.46. The predicted octanol–water partition coefficient (Wildman–Crippen LogP) is 8.19. The van der Waals surface area contributed by atoms with E-state index in [9.17, 15) is 13.2 Å². The van der Waals surface area contributed by atoms with E-state index >= 15 is 8.78 Å². The van der Waals surface area contributed by atoms with E-state index in [0.29, 0.717) is 5.20 Å². The Bertz CT molecular complexity index is 998. The van der Waals surface area contributed by atoms with Crippen LogP contribution in [0.3, 0.4) is 0 Å². The molecule has 0 nitrogen and oxygen atoms in total. The summed E-state index contributed by atoms with van der Waals surface area (Å²) in [6, 6.07) is 0. The third-order valence-electron chi connectivity index (χ3n) is 5.25. The van der Waals surface area contributed by atoms with Crippen molar-refractivity contribution in [1.82, 2.24) is 0 Å². The van der Waals surface area contributed by atoms with Crippen LogP contribution in [-0.2, 0) is 0 Å². The predicted molar refractivity (Wildman–Crippen MR) is 128 cm³/mol. The Morgan fingerprint density at radius 1 is 0.484 bits per heavy atom.